The predicted molar refractivity (Wildman–Crippen MR) is 76.0 cm³/mol. The molecule has 0 unspecified atom stereocenters. The SMILES string of the molecule is COc1ccccc1C(=O)N1C=COc2ccccc21. The molecule has 0 bridgehead atoms. The molecule has 0 aromatic heterocycles. The standard InChI is InChI=1S/C16H13NO3/c1-19-14-8-4-2-6-12(14)16(18)17-10-11-20-15-9-5-3-7-13(15)17/h2-11H,1H3. The van der Waals surface area contributed by atoms with E-state index in [1.54, 1.807) is 30.3 Å². The van der Waals surface area contributed by atoms with Crippen LogP contribution in [0.15, 0.2) is 61.0 Å². The minimum absolute atomic E-state index is 0.158. The van der Waals surface area contributed by atoms with E-state index in [1.165, 1.54) is 6.26 Å². The molecule has 4 nitrogen and oxygen atoms in total. The molecule has 0 aliphatic carbocycles. The topological polar surface area (TPSA) is 38.8 Å². The van der Waals surface area contributed by atoms with E-state index >= 15 is 0 Å². The van der Waals surface area contributed by atoms with Crippen molar-refractivity contribution in [3.8, 4) is 11.5 Å². The van der Waals surface area contributed by atoms with Gasteiger partial charge in [-0.3, -0.25) is 9.69 Å². The summed E-state index contributed by atoms with van der Waals surface area (Å²) in [6.07, 6.45) is 3.10. The molecule has 2 aromatic rings. The van der Waals surface area contributed by atoms with Crippen LogP contribution in [0.4, 0.5) is 5.69 Å². The van der Waals surface area contributed by atoms with Gasteiger partial charge in [0.2, 0.25) is 0 Å². The molecule has 0 fully saturated rings. The van der Waals surface area contributed by atoms with Gasteiger partial charge in [0.05, 0.1) is 18.4 Å². The number of hydrogen-bond acceptors (Lipinski definition) is 3. The van der Waals surface area contributed by atoms with Gasteiger partial charge in [-0.1, -0.05) is 24.3 Å². The van der Waals surface area contributed by atoms with Crippen molar-refractivity contribution in [2.75, 3.05) is 12.0 Å². The highest BCUT2D eigenvalue weighted by molar-refractivity contribution is 6.10. The second-order valence-electron chi connectivity index (χ2n) is 4.25. The van der Waals surface area contributed by atoms with Crippen LogP contribution in [0.1, 0.15) is 10.4 Å². The normalized spacial score (nSPS) is 12.6. The molecule has 1 heterocycles. The van der Waals surface area contributed by atoms with Crippen LogP contribution in [0.3, 0.4) is 0 Å². The van der Waals surface area contributed by atoms with E-state index in [0.29, 0.717) is 22.7 Å². The lowest BCUT2D eigenvalue weighted by molar-refractivity contribution is 0.0992. The van der Waals surface area contributed by atoms with Gasteiger partial charge in [0.1, 0.15) is 12.0 Å². The highest BCUT2D eigenvalue weighted by Crippen LogP contribution is 2.33. The van der Waals surface area contributed by atoms with Crippen molar-refractivity contribution >= 4 is 11.6 Å². The molecule has 0 N–H and O–H groups in total. The van der Waals surface area contributed by atoms with Crippen LogP contribution in [0.2, 0.25) is 0 Å². The molecule has 4 heteroatoms. The predicted octanol–water partition coefficient (Wildman–Crippen LogP) is 3.21. The van der Waals surface area contributed by atoms with E-state index in [2.05, 4.69) is 0 Å². The minimum atomic E-state index is -0.158. The van der Waals surface area contributed by atoms with Gasteiger partial charge in [-0.25, -0.2) is 0 Å². The maximum Gasteiger partial charge on any atom is 0.266 e. The third kappa shape index (κ3) is 2.01. The van der Waals surface area contributed by atoms with Crippen LogP contribution in [0.25, 0.3) is 0 Å². The molecular weight excluding hydrogens is 254 g/mol. The Morgan fingerprint density at radius 1 is 1.10 bits per heavy atom. The van der Waals surface area contributed by atoms with Gasteiger partial charge >= 0.3 is 0 Å². The summed E-state index contributed by atoms with van der Waals surface area (Å²) in [4.78, 5) is 14.2. The fourth-order valence-corrected chi connectivity index (χ4v) is 2.13. The molecule has 2 aromatic carbocycles. The van der Waals surface area contributed by atoms with Crippen LogP contribution in [-0.2, 0) is 0 Å². The number of amides is 1. The average Bonchev–Trinajstić information content (AvgIpc) is 2.53. The Bertz CT molecular complexity index is 679. The highest BCUT2D eigenvalue weighted by atomic mass is 16.5. The number of carbonyl (C=O) groups excluding carboxylic acids is 1. The summed E-state index contributed by atoms with van der Waals surface area (Å²) in [5.74, 6) is 1.04. The third-order valence-electron chi connectivity index (χ3n) is 3.09. The number of hydrogen-bond donors (Lipinski definition) is 0. The van der Waals surface area contributed by atoms with E-state index in [1.807, 2.05) is 36.4 Å². The summed E-state index contributed by atoms with van der Waals surface area (Å²) in [7, 11) is 1.55. The van der Waals surface area contributed by atoms with Gasteiger partial charge in [0.25, 0.3) is 5.91 Å². The number of para-hydroxylation sites is 3. The zero-order valence-corrected chi connectivity index (χ0v) is 10.9. The monoisotopic (exact) mass is 267 g/mol. The van der Waals surface area contributed by atoms with Crippen molar-refractivity contribution in [1.82, 2.24) is 0 Å². The van der Waals surface area contributed by atoms with Gasteiger partial charge in [0.15, 0.2) is 5.75 Å². The molecule has 0 saturated carbocycles. The van der Waals surface area contributed by atoms with Gasteiger partial charge in [0, 0.05) is 6.20 Å². The first kappa shape index (κ1) is 12.3. The number of fused-ring (bicyclic) bond motifs is 1. The average molecular weight is 267 g/mol. The number of rotatable bonds is 2. The number of nitrogens with zero attached hydrogens (tertiary/aromatic N) is 1. The van der Waals surface area contributed by atoms with Crippen molar-refractivity contribution in [2.24, 2.45) is 0 Å². The lowest BCUT2D eigenvalue weighted by atomic mass is 10.1. The van der Waals surface area contributed by atoms with Crippen LogP contribution in [0, 0.1) is 0 Å². The molecule has 0 spiro atoms. The second kappa shape index (κ2) is 5.09. The third-order valence-corrected chi connectivity index (χ3v) is 3.09. The van der Waals surface area contributed by atoms with Crippen molar-refractivity contribution in [2.45, 2.75) is 0 Å². The second-order valence-corrected chi connectivity index (χ2v) is 4.25. The largest absolute Gasteiger partial charge is 0.496 e. The number of benzene rings is 2. The van der Waals surface area contributed by atoms with Gasteiger partial charge in [-0.2, -0.15) is 0 Å². The van der Waals surface area contributed by atoms with Crippen molar-refractivity contribution in [1.29, 1.82) is 0 Å². The first-order valence-corrected chi connectivity index (χ1v) is 6.20. The van der Waals surface area contributed by atoms with E-state index in [9.17, 15) is 4.79 Å². The van der Waals surface area contributed by atoms with Crippen LogP contribution in [0.5, 0.6) is 11.5 Å². The van der Waals surface area contributed by atoms with Crippen LogP contribution >= 0.6 is 0 Å². The van der Waals surface area contributed by atoms with Crippen molar-refractivity contribution in [3.05, 3.63) is 66.6 Å². The van der Waals surface area contributed by atoms with E-state index < -0.39 is 0 Å². The Kier molecular flexibility index (Phi) is 3.13. The lowest BCUT2D eigenvalue weighted by Crippen LogP contribution is -2.28. The van der Waals surface area contributed by atoms with Crippen LogP contribution in [-0.4, -0.2) is 13.0 Å². The van der Waals surface area contributed by atoms with E-state index in [0.717, 1.165) is 0 Å². The number of methoxy groups -OCH3 is 1. The van der Waals surface area contributed by atoms with Gasteiger partial charge < -0.3 is 9.47 Å². The van der Waals surface area contributed by atoms with Gasteiger partial charge in [-0.05, 0) is 24.3 Å². The molecule has 0 saturated heterocycles. The van der Waals surface area contributed by atoms with Crippen LogP contribution < -0.4 is 14.4 Å². The zero-order valence-electron chi connectivity index (χ0n) is 10.9. The highest BCUT2D eigenvalue weighted by Gasteiger charge is 2.23. The lowest BCUT2D eigenvalue weighted by Gasteiger charge is -2.24. The summed E-state index contributed by atoms with van der Waals surface area (Å²) >= 11 is 0. The smallest absolute Gasteiger partial charge is 0.266 e. The Hall–Kier alpha value is -2.75. The fraction of sp³-hybridized carbons (Fsp3) is 0.0625. The summed E-state index contributed by atoms with van der Waals surface area (Å²) in [6.45, 7) is 0. The molecule has 20 heavy (non-hydrogen) atoms. The molecule has 0 radical (unpaired) electrons. The zero-order chi connectivity index (χ0) is 13.9. The van der Waals surface area contributed by atoms with Crippen molar-refractivity contribution < 1.29 is 14.3 Å². The summed E-state index contributed by atoms with van der Waals surface area (Å²) in [5.41, 5.74) is 1.22. The Morgan fingerprint density at radius 2 is 1.85 bits per heavy atom. The first-order valence-electron chi connectivity index (χ1n) is 6.20. The molecule has 1 aliphatic heterocycles. The first-order chi connectivity index (χ1) is 9.81. The Balaban J connectivity index is 2.03. The number of ether oxygens (including phenoxy) is 2. The Morgan fingerprint density at radius 3 is 2.70 bits per heavy atom. The number of anilines is 1. The Labute approximate surface area is 116 Å². The molecule has 0 atom stereocenters. The maximum atomic E-state index is 12.7. The molecule has 1 aliphatic rings. The van der Waals surface area contributed by atoms with E-state index in [-0.39, 0.29) is 5.91 Å². The minimum Gasteiger partial charge on any atom is -0.496 e. The fourth-order valence-electron chi connectivity index (χ4n) is 2.13. The quantitative estimate of drug-likeness (QED) is 0.838. The summed E-state index contributed by atoms with van der Waals surface area (Å²) in [6, 6.07) is 14.5. The molecule has 100 valence electrons. The maximum absolute atomic E-state index is 12.7. The summed E-state index contributed by atoms with van der Waals surface area (Å²) < 4.78 is 10.6. The summed E-state index contributed by atoms with van der Waals surface area (Å²) in [5, 5.41) is 0. The molecule has 1 amide bonds. The number of carbonyl (C=O) groups is 1. The van der Waals surface area contributed by atoms with E-state index in [4.69, 9.17) is 9.47 Å². The molecule has 3 rings (SSSR count). The van der Waals surface area contributed by atoms with Crippen molar-refractivity contribution in [3.63, 3.8) is 0 Å². The molecular formula is C16H13NO3. The van der Waals surface area contributed by atoms with Gasteiger partial charge in [-0.15, -0.1) is 0 Å².